The molecule has 30 heavy (non-hydrogen) atoms. The van der Waals surface area contributed by atoms with E-state index < -0.39 is 0 Å². The van der Waals surface area contributed by atoms with Crippen LogP contribution in [0.3, 0.4) is 0 Å². The highest BCUT2D eigenvalue weighted by Gasteiger charge is 2.28. The zero-order valence-electron chi connectivity index (χ0n) is 16.6. The number of thiophene rings is 1. The van der Waals surface area contributed by atoms with E-state index >= 15 is 0 Å². The van der Waals surface area contributed by atoms with Gasteiger partial charge in [-0.2, -0.15) is 4.98 Å². The van der Waals surface area contributed by atoms with Gasteiger partial charge in [-0.05, 0) is 54.6 Å². The second kappa shape index (κ2) is 9.04. The average Bonchev–Trinajstić information content (AvgIpc) is 3.44. The number of likely N-dealkylation sites (tertiary alicyclic amines) is 1. The second-order valence-electron chi connectivity index (χ2n) is 7.19. The predicted molar refractivity (Wildman–Crippen MR) is 116 cm³/mol. The van der Waals surface area contributed by atoms with Crippen LogP contribution in [0.1, 0.15) is 36.5 Å². The van der Waals surface area contributed by atoms with Gasteiger partial charge in [0.25, 0.3) is 0 Å². The number of carbonyl (C=O) groups is 2. The lowest BCUT2D eigenvalue weighted by Crippen LogP contribution is -2.38. The molecule has 0 spiro atoms. The highest BCUT2D eigenvalue weighted by atomic mass is 32.1. The molecule has 2 amide bonds. The summed E-state index contributed by atoms with van der Waals surface area (Å²) in [5, 5.41) is 8.82. The van der Waals surface area contributed by atoms with Crippen molar-refractivity contribution in [1.82, 2.24) is 15.0 Å². The Labute approximate surface area is 178 Å². The molecule has 0 bridgehead atoms. The number of carbonyl (C=O) groups excluding carboxylic acids is 2. The van der Waals surface area contributed by atoms with Gasteiger partial charge in [0.15, 0.2) is 0 Å². The molecule has 4 rings (SSSR count). The van der Waals surface area contributed by atoms with E-state index in [1.165, 1.54) is 6.92 Å². The zero-order valence-corrected chi connectivity index (χ0v) is 17.4. The molecule has 0 radical (unpaired) electrons. The van der Waals surface area contributed by atoms with Crippen LogP contribution < -0.4 is 5.32 Å². The molecule has 7 nitrogen and oxygen atoms in total. The molecule has 0 saturated carbocycles. The van der Waals surface area contributed by atoms with E-state index in [2.05, 4.69) is 15.5 Å². The van der Waals surface area contributed by atoms with Crippen LogP contribution in [0.4, 0.5) is 5.69 Å². The van der Waals surface area contributed by atoms with Gasteiger partial charge in [-0.15, -0.1) is 11.3 Å². The van der Waals surface area contributed by atoms with Crippen molar-refractivity contribution in [3.63, 3.8) is 0 Å². The minimum Gasteiger partial charge on any atom is -0.339 e. The number of anilines is 1. The molecule has 1 N–H and O–H groups in total. The number of nitrogens with zero attached hydrogens (tertiary/aromatic N) is 3. The van der Waals surface area contributed by atoms with Crippen LogP contribution >= 0.6 is 11.3 Å². The molecular formula is C22H22N4O3S. The molecule has 1 aliphatic heterocycles. The molecule has 3 heterocycles. The summed E-state index contributed by atoms with van der Waals surface area (Å²) < 4.78 is 5.52. The highest BCUT2D eigenvalue weighted by molar-refractivity contribution is 7.10. The number of aromatic nitrogens is 2. The fourth-order valence-electron chi connectivity index (χ4n) is 3.45. The van der Waals surface area contributed by atoms with Crippen LogP contribution in [0.2, 0.25) is 0 Å². The summed E-state index contributed by atoms with van der Waals surface area (Å²) in [7, 11) is 0. The lowest BCUT2D eigenvalue weighted by atomic mass is 9.98. The van der Waals surface area contributed by atoms with Crippen molar-refractivity contribution in [2.75, 3.05) is 18.4 Å². The zero-order chi connectivity index (χ0) is 20.9. The molecule has 1 aromatic carbocycles. The van der Waals surface area contributed by atoms with Gasteiger partial charge in [0.2, 0.25) is 23.5 Å². The predicted octanol–water partition coefficient (Wildman–Crippen LogP) is 4.18. The van der Waals surface area contributed by atoms with E-state index in [4.69, 9.17) is 4.52 Å². The van der Waals surface area contributed by atoms with Crippen LogP contribution in [-0.2, 0) is 9.59 Å². The fourth-order valence-corrected chi connectivity index (χ4v) is 4.07. The first kappa shape index (κ1) is 20.0. The number of benzene rings is 1. The minimum atomic E-state index is -0.119. The fraction of sp³-hybridized carbons (Fsp3) is 0.273. The summed E-state index contributed by atoms with van der Waals surface area (Å²) in [4.78, 5) is 31.1. The summed E-state index contributed by atoms with van der Waals surface area (Å²) in [5.74, 6) is 0.960. The molecular weight excluding hydrogens is 400 g/mol. The van der Waals surface area contributed by atoms with E-state index in [9.17, 15) is 9.59 Å². The molecule has 0 unspecified atom stereocenters. The van der Waals surface area contributed by atoms with Gasteiger partial charge in [0.1, 0.15) is 0 Å². The maximum absolute atomic E-state index is 12.6. The summed E-state index contributed by atoms with van der Waals surface area (Å²) >= 11 is 1.60. The number of amides is 2. The Kier molecular flexibility index (Phi) is 6.04. The van der Waals surface area contributed by atoms with E-state index in [1.54, 1.807) is 29.5 Å². The normalized spacial score (nSPS) is 16.7. The van der Waals surface area contributed by atoms with Gasteiger partial charge in [0.05, 0.1) is 5.92 Å². The number of nitrogens with one attached hydrogen (secondary N) is 1. The lowest BCUT2D eigenvalue weighted by molar-refractivity contribution is -0.127. The van der Waals surface area contributed by atoms with E-state index in [1.807, 2.05) is 40.6 Å². The van der Waals surface area contributed by atoms with Gasteiger partial charge >= 0.3 is 0 Å². The van der Waals surface area contributed by atoms with Gasteiger partial charge in [0, 0.05) is 42.2 Å². The van der Waals surface area contributed by atoms with Crippen LogP contribution in [0.15, 0.2) is 52.4 Å². The Morgan fingerprint density at radius 3 is 2.83 bits per heavy atom. The Morgan fingerprint density at radius 2 is 2.10 bits per heavy atom. The minimum absolute atomic E-state index is 0.00130. The van der Waals surface area contributed by atoms with Crippen LogP contribution in [0, 0.1) is 0 Å². The van der Waals surface area contributed by atoms with Crippen LogP contribution in [0.5, 0.6) is 0 Å². The topological polar surface area (TPSA) is 88.3 Å². The van der Waals surface area contributed by atoms with Crippen molar-refractivity contribution in [2.45, 2.75) is 25.7 Å². The van der Waals surface area contributed by atoms with Crippen molar-refractivity contribution in [1.29, 1.82) is 0 Å². The Balaban J connectivity index is 1.41. The van der Waals surface area contributed by atoms with E-state index in [0.717, 1.165) is 29.8 Å². The lowest BCUT2D eigenvalue weighted by Gasteiger charge is -2.30. The van der Waals surface area contributed by atoms with Crippen molar-refractivity contribution >= 4 is 34.9 Å². The van der Waals surface area contributed by atoms with Gasteiger partial charge in [-0.3, -0.25) is 9.59 Å². The molecule has 154 valence electrons. The smallest absolute Gasteiger partial charge is 0.246 e. The van der Waals surface area contributed by atoms with Crippen molar-refractivity contribution in [2.24, 2.45) is 0 Å². The summed E-state index contributed by atoms with van der Waals surface area (Å²) in [6.45, 7) is 2.77. The number of hydrogen-bond acceptors (Lipinski definition) is 6. The quantitative estimate of drug-likeness (QED) is 0.623. The van der Waals surface area contributed by atoms with Crippen molar-refractivity contribution in [3.8, 4) is 11.4 Å². The van der Waals surface area contributed by atoms with Gasteiger partial charge in [-0.1, -0.05) is 11.2 Å². The summed E-state index contributed by atoms with van der Waals surface area (Å²) in [6, 6.07) is 11.2. The number of rotatable bonds is 5. The summed E-state index contributed by atoms with van der Waals surface area (Å²) in [5.41, 5.74) is 1.52. The summed E-state index contributed by atoms with van der Waals surface area (Å²) in [6.07, 6.45) is 5.28. The molecule has 0 aliphatic carbocycles. The largest absolute Gasteiger partial charge is 0.339 e. The van der Waals surface area contributed by atoms with Crippen molar-refractivity contribution < 1.29 is 14.1 Å². The first-order chi connectivity index (χ1) is 14.6. The number of hydrogen-bond donors (Lipinski definition) is 1. The molecule has 8 heteroatoms. The van der Waals surface area contributed by atoms with Gasteiger partial charge in [-0.25, -0.2) is 0 Å². The molecule has 2 aromatic heterocycles. The Bertz CT molecular complexity index is 1040. The first-order valence-electron chi connectivity index (χ1n) is 9.80. The molecule has 1 fully saturated rings. The maximum atomic E-state index is 12.6. The van der Waals surface area contributed by atoms with E-state index in [-0.39, 0.29) is 17.7 Å². The molecule has 3 aromatic rings. The monoisotopic (exact) mass is 422 g/mol. The van der Waals surface area contributed by atoms with Crippen LogP contribution in [0.25, 0.3) is 17.5 Å². The standard InChI is InChI=1S/C22H22N4O3S/c1-15(27)23-18-8-6-16(7-9-18)21-24-22(29-25-21)17-4-2-12-26(14-17)20(28)11-10-19-5-3-13-30-19/h3,5-11,13,17H,2,4,12,14H2,1H3,(H,23,27)/b11-10+/t17-/m1/s1. The highest BCUT2D eigenvalue weighted by Crippen LogP contribution is 2.28. The SMILES string of the molecule is CC(=O)Nc1ccc(-c2noc([C@@H]3CCCN(C(=O)/C=C/c4cccs4)C3)n2)cc1. The first-order valence-corrected chi connectivity index (χ1v) is 10.7. The average molecular weight is 423 g/mol. The maximum Gasteiger partial charge on any atom is 0.246 e. The third-order valence-electron chi connectivity index (χ3n) is 4.92. The molecule has 1 atom stereocenters. The molecule has 1 saturated heterocycles. The Morgan fingerprint density at radius 1 is 1.27 bits per heavy atom. The molecule has 1 aliphatic rings. The van der Waals surface area contributed by atoms with Gasteiger partial charge < -0.3 is 14.7 Å². The third-order valence-corrected chi connectivity index (χ3v) is 5.76. The Hall–Kier alpha value is -3.26. The second-order valence-corrected chi connectivity index (χ2v) is 8.17. The van der Waals surface area contributed by atoms with E-state index in [0.29, 0.717) is 23.9 Å². The third kappa shape index (κ3) is 4.83. The van der Waals surface area contributed by atoms with Crippen LogP contribution in [-0.4, -0.2) is 39.9 Å². The van der Waals surface area contributed by atoms with Crippen molar-refractivity contribution in [3.05, 3.63) is 58.6 Å². The number of piperidine rings is 1.